The van der Waals surface area contributed by atoms with Crippen molar-refractivity contribution in [2.75, 3.05) is 12.5 Å². The van der Waals surface area contributed by atoms with Crippen molar-refractivity contribution in [3.8, 4) is 0 Å². The second kappa shape index (κ2) is 7.34. The van der Waals surface area contributed by atoms with Crippen LogP contribution in [0.2, 0.25) is 10.0 Å². The molecule has 0 saturated carbocycles. The van der Waals surface area contributed by atoms with Crippen LogP contribution in [-0.4, -0.2) is 12.5 Å². The smallest absolute Gasteiger partial charge is 0.0731 e. The third-order valence-corrected chi connectivity index (χ3v) is 2.80. The largest absolute Gasteiger partial charge is 0.377 e. The molecule has 0 heterocycles. The lowest BCUT2D eigenvalue weighted by Gasteiger charge is -2.05. The molecule has 4 heteroatoms. The summed E-state index contributed by atoms with van der Waals surface area (Å²) in [5, 5.41) is 1.30. The minimum atomic E-state index is 0.526. The van der Waals surface area contributed by atoms with Crippen molar-refractivity contribution in [3.05, 3.63) is 33.8 Å². The van der Waals surface area contributed by atoms with E-state index in [9.17, 15) is 0 Å². The SMILES string of the molecule is ClCCCCOCc1ccc(Cl)cc1Cl. The Bertz CT molecular complexity index is 302. The van der Waals surface area contributed by atoms with E-state index < -0.39 is 0 Å². The van der Waals surface area contributed by atoms with E-state index in [0.717, 1.165) is 18.4 Å². The Morgan fingerprint density at radius 1 is 1.13 bits per heavy atom. The van der Waals surface area contributed by atoms with Gasteiger partial charge in [-0.05, 0) is 30.5 Å². The molecule has 0 amide bonds. The van der Waals surface area contributed by atoms with Gasteiger partial charge in [0.25, 0.3) is 0 Å². The normalized spacial score (nSPS) is 10.6. The van der Waals surface area contributed by atoms with E-state index in [4.69, 9.17) is 39.5 Å². The molecule has 0 radical (unpaired) electrons. The molecule has 0 aromatic heterocycles. The van der Waals surface area contributed by atoms with Gasteiger partial charge in [-0.1, -0.05) is 29.3 Å². The van der Waals surface area contributed by atoms with Gasteiger partial charge in [-0.25, -0.2) is 0 Å². The highest BCUT2D eigenvalue weighted by Gasteiger charge is 2.00. The fourth-order valence-corrected chi connectivity index (χ4v) is 1.77. The fraction of sp³-hybridized carbons (Fsp3) is 0.455. The second-order valence-electron chi connectivity index (χ2n) is 3.18. The first kappa shape index (κ1) is 13.1. The van der Waals surface area contributed by atoms with Gasteiger partial charge in [-0.2, -0.15) is 0 Å². The lowest BCUT2D eigenvalue weighted by atomic mass is 10.2. The summed E-state index contributed by atoms with van der Waals surface area (Å²) in [7, 11) is 0. The summed E-state index contributed by atoms with van der Waals surface area (Å²) in [4.78, 5) is 0. The molecular weight excluding hydrogens is 254 g/mol. The zero-order valence-corrected chi connectivity index (χ0v) is 10.6. The molecule has 0 aliphatic rings. The molecule has 0 atom stereocenters. The Labute approximate surface area is 105 Å². The molecule has 15 heavy (non-hydrogen) atoms. The fourth-order valence-electron chi connectivity index (χ4n) is 1.12. The number of benzene rings is 1. The summed E-state index contributed by atoms with van der Waals surface area (Å²) in [5.41, 5.74) is 0.965. The van der Waals surface area contributed by atoms with Crippen LogP contribution < -0.4 is 0 Å². The van der Waals surface area contributed by atoms with Crippen LogP contribution in [0, 0.1) is 0 Å². The number of halogens is 3. The highest BCUT2D eigenvalue weighted by molar-refractivity contribution is 6.35. The van der Waals surface area contributed by atoms with E-state index in [0.29, 0.717) is 29.1 Å². The van der Waals surface area contributed by atoms with Crippen molar-refractivity contribution < 1.29 is 4.74 Å². The van der Waals surface area contributed by atoms with Gasteiger partial charge in [0.1, 0.15) is 0 Å². The number of hydrogen-bond donors (Lipinski definition) is 0. The third-order valence-electron chi connectivity index (χ3n) is 1.94. The van der Waals surface area contributed by atoms with Crippen molar-refractivity contribution in [3.63, 3.8) is 0 Å². The minimum Gasteiger partial charge on any atom is -0.377 e. The van der Waals surface area contributed by atoms with Crippen molar-refractivity contribution in [2.24, 2.45) is 0 Å². The van der Waals surface area contributed by atoms with Gasteiger partial charge in [0.15, 0.2) is 0 Å². The zero-order chi connectivity index (χ0) is 11.1. The number of hydrogen-bond acceptors (Lipinski definition) is 1. The minimum absolute atomic E-state index is 0.526. The summed E-state index contributed by atoms with van der Waals surface area (Å²) < 4.78 is 5.46. The zero-order valence-electron chi connectivity index (χ0n) is 8.31. The Balaban J connectivity index is 2.31. The lowest BCUT2D eigenvalue weighted by Crippen LogP contribution is -1.96. The quantitative estimate of drug-likeness (QED) is 0.543. The first-order chi connectivity index (χ1) is 7.24. The van der Waals surface area contributed by atoms with Gasteiger partial charge in [0.05, 0.1) is 6.61 Å². The Morgan fingerprint density at radius 3 is 2.60 bits per heavy atom. The molecule has 0 N–H and O–H groups in total. The predicted octanol–water partition coefficient (Wildman–Crippen LogP) is 4.53. The van der Waals surface area contributed by atoms with Gasteiger partial charge >= 0.3 is 0 Å². The van der Waals surface area contributed by atoms with E-state index in [1.807, 2.05) is 12.1 Å². The van der Waals surface area contributed by atoms with Crippen molar-refractivity contribution >= 4 is 34.8 Å². The van der Waals surface area contributed by atoms with Gasteiger partial charge in [0.2, 0.25) is 0 Å². The van der Waals surface area contributed by atoms with Gasteiger partial charge in [-0.3, -0.25) is 0 Å². The molecule has 1 nitrogen and oxygen atoms in total. The lowest BCUT2D eigenvalue weighted by molar-refractivity contribution is 0.118. The number of rotatable bonds is 6. The highest BCUT2D eigenvalue weighted by atomic mass is 35.5. The summed E-state index contributed by atoms with van der Waals surface area (Å²) in [5.74, 6) is 0.686. The molecule has 0 saturated heterocycles. The van der Waals surface area contributed by atoms with Crippen LogP contribution in [0.5, 0.6) is 0 Å². The molecule has 0 bridgehead atoms. The van der Waals surface area contributed by atoms with Crippen molar-refractivity contribution in [1.82, 2.24) is 0 Å². The maximum absolute atomic E-state index is 5.98. The van der Waals surface area contributed by atoms with E-state index in [-0.39, 0.29) is 0 Å². The first-order valence-electron chi connectivity index (χ1n) is 4.81. The number of unbranched alkanes of at least 4 members (excludes halogenated alkanes) is 1. The number of alkyl halides is 1. The van der Waals surface area contributed by atoms with E-state index in [2.05, 4.69) is 0 Å². The maximum Gasteiger partial charge on any atom is 0.0731 e. The molecule has 0 aliphatic carbocycles. The average Bonchev–Trinajstić information content (AvgIpc) is 2.20. The molecule has 84 valence electrons. The molecule has 0 spiro atoms. The average molecular weight is 268 g/mol. The summed E-state index contributed by atoms with van der Waals surface area (Å²) in [6, 6.07) is 5.41. The van der Waals surface area contributed by atoms with Crippen molar-refractivity contribution in [1.29, 1.82) is 0 Å². The summed E-state index contributed by atoms with van der Waals surface area (Å²) >= 11 is 17.3. The van der Waals surface area contributed by atoms with Gasteiger partial charge in [0, 0.05) is 22.5 Å². The molecule has 0 unspecified atom stereocenters. The monoisotopic (exact) mass is 266 g/mol. The standard InChI is InChI=1S/C11H13Cl3O/c12-5-1-2-6-15-8-9-3-4-10(13)7-11(9)14/h3-4,7H,1-2,5-6,8H2. The van der Waals surface area contributed by atoms with Crippen molar-refractivity contribution in [2.45, 2.75) is 19.4 Å². The third kappa shape index (κ3) is 5.07. The Kier molecular flexibility index (Phi) is 6.42. The first-order valence-corrected chi connectivity index (χ1v) is 6.10. The molecule has 0 aliphatic heterocycles. The molecule has 1 aromatic carbocycles. The molecule has 0 fully saturated rings. The van der Waals surface area contributed by atoms with E-state index >= 15 is 0 Å². The van der Waals surface area contributed by atoms with Crippen LogP contribution in [0.15, 0.2) is 18.2 Å². The summed E-state index contributed by atoms with van der Waals surface area (Å²) in [6.45, 7) is 1.24. The van der Waals surface area contributed by atoms with Crippen LogP contribution >= 0.6 is 34.8 Å². The van der Waals surface area contributed by atoms with E-state index in [1.54, 1.807) is 6.07 Å². The maximum atomic E-state index is 5.98. The van der Waals surface area contributed by atoms with Gasteiger partial charge < -0.3 is 4.74 Å². The second-order valence-corrected chi connectivity index (χ2v) is 4.41. The van der Waals surface area contributed by atoms with Crippen LogP contribution in [0.3, 0.4) is 0 Å². The Morgan fingerprint density at radius 2 is 1.93 bits per heavy atom. The summed E-state index contributed by atoms with van der Waals surface area (Å²) in [6.07, 6.45) is 1.96. The topological polar surface area (TPSA) is 9.23 Å². The Hall–Kier alpha value is 0.0500. The van der Waals surface area contributed by atoms with Crippen LogP contribution in [0.4, 0.5) is 0 Å². The van der Waals surface area contributed by atoms with Crippen LogP contribution in [-0.2, 0) is 11.3 Å². The van der Waals surface area contributed by atoms with Gasteiger partial charge in [-0.15, -0.1) is 11.6 Å². The predicted molar refractivity (Wildman–Crippen MR) is 66.1 cm³/mol. The number of ether oxygens (including phenoxy) is 1. The molecule has 1 rings (SSSR count). The van der Waals surface area contributed by atoms with Crippen LogP contribution in [0.1, 0.15) is 18.4 Å². The van der Waals surface area contributed by atoms with E-state index in [1.165, 1.54) is 0 Å². The molecule has 1 aromatic rings. The van der Waals surface area contributed by atoms with Crippen LogP contribution in [0.25, 0.3) is 0 Å². The highest BCUT2D eigenvalue weighted by Crippen LogP contribution is 2.21. The molecular formula is C11H13Cl3O.